The molecule has 8 heteroatoms. The number of nitrogens with zero attached hydrogens (tertiary/aromatic N) is 3. The second-order valence-corrected chi connectivity index (χ2v) is 9.84. The van der Waals surface area contributed by atoms with Crippen molar-refractivity contribution in [3.63, 3.8) is 0 Å². The molecule has 1 aliphatic rings. The highest BCUT2D eigenvalue weighted by atomic mass is 16.2. The number of anilines is 1. The number of likely N-dealkylation sites (tertiary alicyclic amines) is 1. The molecule has 3 aromatic carbocycles. The van der Waals surface area contributed by atoms with Gasteiger partial charge in [-0.15, -0.1) is 0 Å². The van der Waals surface area contributed by atoms with Crippen LogP contribution in [0.1, 0.15) is 35.6 Å². The van der Waals surface area contributed by atoms with Gasteiger partial charge in [-0.3, -0.25) is 14.4 Å². The summed E-state index contributed by atoms with van der Waals surface area (Å²) in [6.45, 7) is 0.600. The molecule has 39 heavy (non-hydrogen) atoms. The van der Waals surface area contributed by atoms with Gasteiger partial charge >= 0.3 is 0 Å². The van der Waals surface area contributed by atoms with E-state index in [9.17, 15) is 14.4 Å². The van der Waals surface area contributed by atoms with E-state index in [1.54, 1.807) is 11.1 Å². The molecule has 1 fully saturated rings. The number of carbonyl (C=O) groups is 3. The minimum absolute atomic E-state index is 0.126. The van der Waals surface area contributed by atoms with Gasteiger partial charge in [0.1, 0.15) is 17.9 Å². The van der Waals surface area contributed by atoms with E-state index in [4.69, 9.17) is 11.5 Å². The summed E-state index contributed by atoms with van der Waals surface area (Å²) in [5, 5.41) is 1.71. The number of fused-ring (bicyclic) bond motifs is 1. The fourth-order valence-corrected chi connectivity index (χ4v) is 5.32. The van der Waals surface area contributed by atoms with Crippen LogP contribution >= 0.6 is 0 Å². The van der Waals surface area contributed by atoms with Crippen LogP contribution in [0.4, 0.5) is 5.82 Å². The molecule has 0 saturated carbocycles. The second kappa shape index (κ2) is 11.3. The quantitative estimate of drug-likeness (QED) is 0.367. The van der Waals surface area contributed by atoms with Crippen molar-refractivity contribution in [1.29, 1.82) is 0 Å². The number of hydrogen-bond acceptors (Lipinski definition) is 5. The summed E-state index contributed by atoms with van der Waals surface area (Å²) in [7, 11) is 0. The van der Waals surface area contributed by atoms with Crippen molar-refractivity contribution in [3.05, 3.63) is 108 Å². The van der Waals surface area contributed by atoms with Gasteiger partial charge in [-0.25, -0.2) is 4.98 Å². The lowest BCUT2D eigenvalue weighted by Crippen LogP contribution is -2.50. The molecule has 0 aliphatic carbocycles. The van der Waals surface area contributed by atoms with Gasteiger partial charge in [-0.1, -0.05) is 72.8 Å². The van der Waals surface area contributed by atoms with Crippen LogP contribution in [0, 0.1) is 0 Å². The summed E-state index contributed by atoms with van der Waals surface area (Å²) in [4.78, 5) is 47.7. The number of benzene rings is 3. The Hall–Kier alpha value is -4.72. The summed E-state index contributed by atoms with van der Waals surface area (Å²) in [5.41, 5.74) is 14.1. The number of carbonyl (C=O) groups excluding carboxylic acids is 3. The molecule has 0 radical (unpaired) electrons. The van der Waals surface area contributed by atoms with Crippen LogP contribution in [-0.4, -0.2) is 45.1 Å². The molecule has 1 saturated heterocycles. The molecule has 0 spiro atoms. The van der Waals surface area contributed by atoms with E-state index in [2.05, 4.69) is 4.98 Å². The lowest BCUT2D eigenvalue weighted by Gasteiger charge is -2.35. The van der Waals surface area contributed by atoms with Gasteiger partial charge in [-0.2, -0.15) is 0 Å². The van der Waals surface area contributed by atoms with Crippen LogP contribution in [0.2, 0.25) is 0 Å². The van der Waals surface area contributed by atoms with Crippen molar-refractivity contribution in [2.24, 2.45) is 5.73 Å². The maximum absolute atomic E-state index is 14.2. The summed E-state index contributed by atoms with van der Waals surface area (Å²) in [5.74, 6) is -0.610. The Balaban J connectivity index is 1.58. The highest BCUT2D eigenvalue weighted by molar-refractivity contribution is 5.94. The number of amides is 3. The van der Waals surface area contributed by atoms with Crippen LogP contribution < -0.4 is 11.5 Å². The summed E-state index contributed by atoms with van der Waals surface area (Å²) < 4.78 is 0. The predicted molar refractivity (Wildman–Crippen MR) is 150 cm³/mol. The molecular weight excluding hydrogens is 490 g/mol. The van der Waals surface area contributed by atoms with Crippen molar-refractivity contribution in [2.45, 2.75) is 37.9 Å². The van der Waals surface area contributed by atoms with E-state index in [-0.39, 0.29) is 24.8 Å². The third-order valence-electron chi connectivity index (χ3n) is 7.26. The van der Waals surface area contributed by atoms with Gasteiger partial charge in [-0.05, 0) is 47.1 Å². The molecule has 2 atom stereocenters. The number of hydrogen-bond donors (Lipinski definition) is 2. The first-order chi connectivity index (χ1) is 18.9. The van der Waals surface area contributed by atoms with Gasteiger partial charge in [0, 0.05) is 24.7 Å². The molecular formula is C31H31N5O3. The van der Waals surface area contributed by atoms with Crippen LogP contribution in [0.15, 0.2) is 91.1 Å². The highest BCUT2D eigenvalue weighted by Crippen LogP contribution is 2.31. The lowest BCUT2D eigenvalue weighted by molar-refractivity contribution is -0.148. The van der Waals surface area contributed by atoms with Crippen molar-refractivity contribution in [2.75, 3.05) is 12.3 Å². The molecule has 1 aromatic heterocycles. The zero-order valence-corrected chi connectivity index (χ0v) is 21.6. The van der Waals surface area contributed by atoms with Crippen molar-refractivity contribution in [1.82, 2.24) is 14.8 Å². The first-order valence-electron chi connectivity index (χ1n) is 13.0. The van der Waals surface area contributed by atoms with Gasteiger partial charge in [0.05, 0.1) is 6.42 Å². The van der Waals surface area contributed by atoms with Gasteiger partial charge in [0.2, 0.25) is 11.8 Å². The molecule has 8 nitrogen and oxygen atoms in total. The summed E-state index contributed by atoms with van der Waals surface area (Å²) in [6, 6.07) is 24.7. The van der Waals surface area contributed by atoms with Crippen molar-refractivity contribution >= 4 is 34.3 Å². The van der Waals surface area contributed by atoms with Crippen molar-refractivity contribution < 1.29 is 14.4 Å². The van der Waals surface area contributed by atoms with Crippen LogP contribution in [0.5, 0.6) is 0 Å². The Morgan fingerprint density at radius 1 is 0.949 bits per heavy atom. The normalized spacial score (nSPS) is 15.7. The summed E-state index contributed by atoms with van der Waals surface area (Å²) >= 11 is 0. The Labute approximate surface area is 227 Å². The Kier molecular flexibility index (Phi) is 7.54. The Morgan fingerprint density at radius 2 is 1.67 bits per heavy atom. The van der Waals surface area contributed by atoms with Gasteiger partial charge in [0.25, 0.3) is 5.91 Å². The monoisotopic (exact) mass is 521 g/mol. The largest absolute Gasteiger partial charge is 0.383 e. The van der Waals surface area contributed by atoms with E-state index >= 15 is 0 Å². The average Bonchev–Trinajstić information content (AvgIpc) is 3.45. The highest BCUT2D eigenvalue weighted by Gasteiger charge is 2.40. The molecule has 0 bridgehead atoms. The molecule has 4 aromatic rings. The zero-order valence-electron chi connectivity index (χ0n) is 21.6. The standard InChI is InChI=1S/C31H31N5O3/c32-29-25-14-13-22(18-24(25)15-16-34-29)20-36(27(37)19-21-8-3-1-4-9-21)28(23-10-5-2-6-11-23)31(39)35-17-7-12-26(35)30(33)38/h1-6,8-11,13-16,18,26,28H,7,12,17,19-20H2,(H2,32,34)(H2,33,38)/t26-,28+/m0/s1. The third-order valence-corrected chi connectivity index (χ3v) is 7.26. The van der Waals surface area contributed by atoms with Crippen LogP contribution in [0.25, 0.3) is 10.8 Å². The minimum Gasteiger partial charge on any atom is -0.383 e. The first kappa shape index (κ1) is 25.9. The van der Waals surface area contributed by atoms with Gasteiger partial charge in [0.15, 0.2) is 0 Å². The number of aromatic nitrogens is 1. The Bertz CT molecular complexity index is 1490. The maximum Gasteiger partial charge on any atom is 0.250 e. The third kappa shape index (κ3) is 5.60. The number of nitrogens with two attached hydrogens (primary N) is 2. The van der Waals surface area contributed by atoms with Crippen LogP contribution in [0.3, 0.4) is 0 Å². The van der Waals surface area contributed by atoms with Gasteiger partial charge < -0.3 is 21.3 Å². The smallest absolute Gasteiger partial charge is 0.250 e. The molecule has 1 aliphatic heterocycles. The van der Waals surface area contributed by atoms with E-state index in [1.807, 2.05) is 84.9 Å². The summed E-state index contributed by atoms with van der Waals surface area (Å²) in [6.07, 6.45) is 2.97. The molecule has 198 valence electrons. The zero-order chi connectivity index (χ0) is 27.4. The van der Waals surface area contributed by atoms with E-state index < -0.39 is 18.0 Å². The Morgan fingerprint density at radius 3 is 2.38 bits per heavy atom. The lowest BCUT2D eigenvalue weighted by atomic mass is 10.00. The number of nitrogen functional groups attached to an aromatic ring is 1. The van der Waals surface area contributed by atoms with E-state index in [0.717, 1.165) is 21.9 Å². The predicted octanol–water partition coefficient (Wildman–Crippen LogP) is 3.61. The second-order valence-electron chi connectivity index (χ2n) is 9.84. The first-order valence-corrected chi connectivity index (χ1v) is 13.0. The fourth-order valence-electron chi connectivity index (χ4n) is 5.32. The number of primary amides is 1. The van der Waals surface area contributed by atoms with Crippen LogP contribution in [-0.2, 0) is 27.3 Å². The topological polar surface area (TPSA) is 123 Å². The number of pyridine rings is 1. The van der Waals surface area contributed by atoms with E-state index in [1.165, 1.54) is 4.90 Å². The molecule has 3 amide bonds. The minimum atomic E-state index is -0.930. The SMILES string of the molecule is NC(=O)[C@@H]1CCCN1C(=O)[C@@H](c1ccccc1)N(Cc1ccc2c(N)nccc2c1)C(=O)Cc1ccccc1. The van der Waals surface area contributed by atoms with Crippen molar-refractivity contribution in [3.8, 4) is 0 Å². The average molecular weight is 522 g/mol. The number of rotatable bonds is 8. The van der Waals surface area contributed by atoms with E-state index in [0.29, 0.717) is 30.8 Å². The maximum atomic E-state index is 14.2. The molecule has 5 rings (SSSR count). The molecule has 4 N–H and O–H groups in total. The molecule has 0 unspecified atom stereocenters. The molecule has 2 heterocycles. The fraction of sp³-hybridized carbons (Fsp3) is 0.226.